The second-order valence-electron chi connectivity index (χ2n) is 4.36. The summed E-state index contributed by atoms with van der Waals surface area (Å²) in [4.78, 5) is 0. The number of nitriles is 1. The summed E-state index contributed by atoms with van der Waals surface area (Å²) >= 11 is 0. The highest BCUT2D eigenvalue weighted by atomic mass is 16.7. The van der Waals surface area contributed by atoms with E-state index >= 15 is 0 Å². The molecule has 1 heterocycles. The highest BCUT2D eigenvalue weighted by Gasteiger charge is 2.20. The summed E-state index contributed by atoms with van der Waals surface area (Å²) in [7, 11) is 0. The van der Waals surface area contributed by atoms with Crippen molar-refractivity contribution in [1.29, 1.82) is 5.26 Å². The molecule has 0 aromatic heterocycles. The zero-order chi connectivity index (χ0) is 12.1. The fourth-order valence-corrected chi connectivity index (χ4v) is 1.99. The minimum atomic E-state index is -0.530. The Bertz CT molecular complexity index is 405. The second kappa shape index (κ2) is 5.81. The predicted molar refractivity (Wildman–Crippen MR) is 64.2 cm³/mol. The third-order valence-electron chi connectivity index (χ3n) is 2.89. The quantitative estimate of drug-likeness (QED) is 0.802. The van der Waals surface area contributed by atoms with Crippen molar-refractivity contribution in [3.63, 3.8) is 0 Å². The molecule has 1 aromatic carbocycles. The Kier molecular flexibility index (Phi) is 4.13. The Hall–Kier alpha value is -1.37. The average molecular weight is 231 g/mol. The maximum Gasteiger partial charge on any atom is 0.172 e. The number of ether oxygens (including phenoxy) is 2. The van der Waals surface area contributed by atoms with Crippen molar-refractivity contribution in [2.24, 2.45) is 0 Å². The number of hydrogen-bond donors (Lipinski definition) is 0. The topological polar surface area (TPSA) is 42.2 Å². The molecule has 1 saturated heterocycles. The Balaban J connectivity index is 2.03. The van der Waals surface area contributed by atoms with Crippen LogP contribution >= 0.6 is 0 Å². The Morgan fingerprint density at radius 1 is 1.47 bits per heavy atom. The van der Waals surface area contributed by atoms with Crippen molar-refractivity contribution in [2.75, 3.05) is 6.61 Å². The minimum Gasteiger partial charge on any atom is -0.353 e. The Labute approximate surface area is 102 Å². The summed E-state index contributed by atoms with van der Waals surface area (Å²) in [5.74, 6) is 0. The van der Waals surface area contributed by atoms with Crippen molar-refractivity contribution < 1.29 is 9.47 Å². The number of benzene rings is 1. The highest BCUT2D eigenvalue weighted by molar-refractivity contribution is 5.27. The van der Waals surface area contributed by atoms with Gasteiger partial charge in [0.15, 0.2) is 12.4 Å². The largest absolute Gasteiger partial charge is 0.353 e. The summed E-state index contributed by atoms with van der Waals surface area (Å²) < 4.78 is 11.2. The first-order valence-corrected chi connectivity index (χ1v) is 6.03. The highest BCUT2D eigenvalue weighted by Crippen LogP contribution is 2.23. The van der Waals surface area contributed by atoms with Crippen molar-refractivity contribution in [2.45, 2.75) is 38.6 Å². The van der Waals surface area contributed by atoms with Gasteiger partial charge in [0.2, 0.25) is 0 Å². The number of aryl methyl sites for hydroxylation is 1. The van der Waals surface area contributed by atoms with Crippen molar-refractivity contribution in [1.82, 2.24) is 0 Å². The van der Waals surface area contributed by atoms with E-state index < -0.39 is 6.10 Å². The van der Waals surface area contributed by atoms with Crippen LogP contribution in [0.25, 0.3) is 0 Å². The van der Waals surface area contributed by atoms with Gasteiger partial charge >= 0.3 is 0 Å². The molecule has 17 heavy (non-hydrogen) atoms. The normalized spacial score (nSPS) is 21.8. The van der Waals surface area contributed by atoms with Gasteiger partial charge in [0.25, 0.3) is 0 Å². The van der Waals surface area contributed by atoms with Crippen LogP contribution in [0.4, 0.5) is 0 Å². The third-order valence-corrected chi connectivity index (χ3v) is 2.89. The van der Waals surface area contributed by atoms with Gasteiger partial charge in [0.05, 0.1) is 6.07 Å². The Morgan fingerprint density at radius 2 is 2.35 bits per heavy atom. The molecule has 2 rings (SSSR count). The van der Waals surface area contributed by atoms with Gasteiger partial charge in [-0.1, -0.05) is 29.8 Å². The molecule has 3 nitrogen and oxygen atoms in total. The molecule has 1 fully saturated rings. The smallest absolute Gasteiger partial charge is 0.172 e. The second-order valence-corrected chi connectivity index (χ2v) is 4.36. The SMILES string of the molecule is Cc1cccc(C(C#N)OC2CCCCO2)c1. The molecule has 0 radical (unpaired) electrons. The molecule has 1 aromatic rings. The lowest BCUT2D eigenvalue weighted by Crippen LogP contribution is -2.24. The lowest BCUT2D eigenvalue weighted by molar-refractivity contribution is -0.178. The third kappa shape index (κ3) is 3.29. The molecule has 0 aliphatic carbocycles. The molecule has 3 heteroatoms. The molecule has 1 aliphatic rings. The van der Waals surface area contributed by atoms with E-state index in [0.717, 1.165) is 37.0 Å². The van der Waals surface area contributed by atoms with Crippen LogP contribution in [-0.2, 0) is 9.47 Å². The van der Waals surface area contributed by atoms with Crippen LogP contribution in [0.5, 0.6) is 0 Å². The van der Waals surface area contributed by atoms with Gasteiger partial charge in [-0.15, -0.1) is 0 Å². The van der Waals surface area contributed by atoms with Crippen LogP contribution in [0.3, 0.4) is 0 Å². The van der Waals surface area contributed by atoms with E-state index in [9.17, 15) is 5.26 Å². The summed E-state index contributed by atoms with van der Waals surface area (Å²) in [6.07, 6.45) is 2.31. The summed E-state index contributed by atoms with van der Waals surface area (Å²) in [6.45, 7) is 2.74. The Morgan fingerprint density at radius 3 is 3.00 bits per heavy atom. The van der Waals surface area contributed by atoms with Crippen LogP contribution in [0, 0.1) is 18.3 Å². The number of nitrogens with zero attached hydrogens (tertiary/aromatic N) is 1. The van der Waals surface area contributed by atoms with E-state index in [2.05, 4.69) is 6.07 Å². The average Bonchev–Trinajstić information content (AvgIpc) is 2.37. The first kappa shape index (κ1) is 12.1. The zero-order valence-corrected chi connectivity index (χ0v) is 10.1. The number of hydrogen-bond acceptors (Lipinski definition) is 3. The molecule has 2 unspecified atom stereocenters. The van der Waals surface area contributed by atoms with Crippen LogP contribution in [0.15, 0.2) is 24.3 Å². The van der Waals surface area contributed by atoms with Gasteiger partial charge in [-0.05, 0) is 31.7 Å². The minimum absolute atomic E-state index is 0.228. The molecule has 0 spiro atoms. The van der Waals surface area contributed by atoms with E-state index in [0.29, 0.717) is 0 Å². The molecule has 0 N–H and O–H groups in total. The van der Waals surface area contributed by atoms with Gasteiger partial charge in [0, 0.05) is 6.61 Å². The molecule has 0 amide bonds. The maximum absolute atomic E-state index is 9.17. The first-order valence-electron chi connectivity index (χ1n) is 6.03. The molecular weight excluding hydrogens is 214 g/mol. The molecule has 2 atom stereocenters. The molecule has 90 valence electrons. The van der Waals surface area contributed by atoms with E-state index in [4.69, 9.17) is 9.47 Å². The van der Waals surface area contributed by atoms with Crippen LogP contribution in [-0.4, -0.2) is 12.9 Å². The lowest BCUT2D eigenvalue weighted by Gasteiger charge is -2.25. The van der Waals surface area contributed by atoms with E-state index in [-0.39, 0.29) is 6.29 Å². The van der Waals surface area contributed by atoms with Gasteiger partial charge < -0.3 is 9.47 Å². The zero-order valence-electron chi connectivity index (χ0n) is 10.1. The number of rotatable bonds is 3. The lowest BCUT2D eigenvalue weighted by atomic mass is 10.1. The van der Waals surface area contributed by atoms with E-state index in [1.165, 1.54) is 0 Å². The van der Waals surface area contributed by atoms with Crippen molar-refractivity contribution in [3.8, 4) is 6.07 Å². The van der Waals surface area contributed by atoms with Crippen LogP contribution < -0.4 is 0 Å². The van der Waals surface area contributed by atoms with Gasteiger partial charge in [0.1, 0.15) is 0 Å². The standard InChI is InChI=1S/C14H17NO2/c1-11-5-4-6-12(9-11)13(10-15)17-14-7-2-3-8-16-14/h4-6,9,13-14H,2-3,7-8H2,1H3. The molecule has 0 saturated carbocycles. The van der Waals surface area contributed by atoms with Gasteiger partial charge in [-0.3, -0.25) is 0 Å². The van der Waals surface area contributed by atoms with Crippen molar-refractivity contribution in [3.05, 3.63) is 35.4 Å². The van der Waals surface area contributed by atoms with Gasteiger partial charge in [-0.25, -0.2) is 0 Å². The summed E-state index contributed by atoms with van der Waals surface area (Å²) in [5.41, 5.74) is 2.04. The molecule has 0 bridgehead atoms. The van der Waals surface area contributed by atoms with E-state index in [1.54, 1.807) is 0 Å². The predicted octanol–water partition coefficient (Wildman–Crippen LogP) is 3.10. The monoisotopic (exact) mass is 231 g/mol. The van der Waals surface area contributed by atoms with Gasteiger partial charge in [-0.2, -0.15) is 5.26 Å². The fraction of sp³-hybridized carbons (Fsp3) is 0.500. The van der Waals surface area contributed by atoms with Crippen LogP contribution in [0.2, 0.25) is 0 Å². The van der Waals surface area contributed by atoms with Crippen molar-refractivity contribution >= 4 is 0 Å². The maximum atomic E-state index is 9.17. The first-order chi connectivity index (χ1) is 8.29. The summed E-state index contributed by atoms with van der Waals surface area (Å²) in [6, 6.07) is 10.0. The molecule has 1 aliphatic heterocycles. The van der Waals surface area contributed by atoms with Crippen LogP contribution in [0.1, 0.15) is 36.5 Å². The van der Waals surface area contributed by atoms with E-state index in [1.807, 2.05) is 31.2 Å². The summed E-state index contributed by atoms with van der Waals surface area (Å²) in [5, 5.41) is 9.17. The fourth-order valence-electron chi connectivity index (χ4n) is 1.99. The molecular formula is C14H17NO2.